The van der Waals surface area contributed by atoms with Crippen LogP contribution in [0.1, 0.15) is 39.5 Å². The fourth-order valence-electron chi connectivity index (χ4n) is 3.90. The Labute approximate surface area is 182 Å². The number of amides is 1. The fraction of sp³-hybridized carbons (Fsp3) is 0.650. The van der Waals surface area contributed by atoms with Gasteiger partial charge >= 0.3 is 0 Å². The van der Waals surface area contributed by atoms with Crippen molar-refractivity contribution in [2.75, 3.05) is 26.2 Å². The third kappa shape index (κ3) is 5.09. The first-order chi connectivity index (χ1) is 14.3. The van der Waals surface area contributed by atoms with Crippen molar-refractivity contribution < 1.29 is 30.4 Å². The molecule has 0 aromatic heterocycles. The number of hydrogen-bond acceptors (Lipinski definition) is 5. The van der Waals surface area contributed by atoms with Crippen LogP contribution in [-0.2, 0) is 24.7 Å². The number of rotatable bonds is 5. The molecule has 2 aliphatic heterocycles. The van der Waals surface area contributed by atoms with E-state index in [-0.39, 0.29) is 54.7 Å². The average molecular weight is 479 g/mol. The van der Waals surface area contributed by atoms with Gasteiger partial charge in [-0.25, -0.2) is 25.6 Å². The van der Waals surface area contributed by atoms with E-state index < -0.39 is 37.0 Å². The summed E-state index contributed by atoms with van der Waals surface area (Å²) in [6, 6.07) is 5.09. The molecule has 0 aliphatic carbocycles. The molecule has 1 atom stereocenters. The summed E-state index contributed by atoms with van der Waals surface area (Å²) in [7, 11) is -7.43. The smallest absolute Gasteiger partial charge is 0.251 e. The Morgan fingerprint density at radius 2 is 1.55 bits per heavy atom. The van der Waals surface area contributed by atoms with Crippen molar-refractivity contribution in [2.45, 2.75) is 60.5 Å². The van der Waals surface area contributed by atoms with Gasteiger partial charge in [0.2, 0.25) is 15.9 Å². The molecular weight excluding hydrogens is 450 g/mol. The molecule has 0 radical (unpaired) electrons. The van der Waals surface area contributed by atoms with Crippen LogP contribution in [0.25, 0.3) is 0 Å². The van der Waals surface area contributed by atoms with Crippen molar-refractivity contribution in [2.24, 2.45) is 5.92 Å². The molecule has 11 heteroatoms. The summed E-state index contributed by atoms with van der Waals surface area (Å²) in [5.41, 5.74) is 0. The Hall–Kier alpha value is -1.59. The Kier molecular flexibility index (Phi) is 6.79. The van der Waals surface area contributed by atoms with Gasteiger partial charge in [0.1, 0.15) is 0 Å². The van der Waals surface area contributed by atoms with Crippen LogP contribution >= 0.6 is 0 Å². The maximum Gasteiger partial charge on any atom is 0.251 e. The SMILES string of the molecule is CC(C)S(=O)(=O)c1ccc(S(=O)(=O)N2CCCC(C(=O)N3CCC(F)(F)CC3)C2)cc1. The minimum Gasteiger partial charge on any atom is -0.342 e. The van der Waals surface area contributed by atoms with Crippen LogP contribution in [0.15, 0.2) is 34.1 Å². The third-order valence-electron chi connectivity index (χ3n) is 5.95. The summed E-state index contributed by atoms with van der Waals surface area (Å²) < 4.78 is 78.6. The molecule has 1 unspecified atom stereocenters. The molecule has 1 aromatic rings. The molecule has 7 nitrogen and oxygen atoms in total. The van der Waals surface area contributed by atoms with Crippen molar-refractivity contribution in [3.63, 3.8) is 0 Å². The zero-order chi connectivity index (χ0) is 23.0. The van der Waals surface area contributed by atoms with Crippen LogP contribution in [0.4, 0.5) is 8.78 Å². The van der Waals surface area contributed by atoms with Crippen molar-refractivity contribution in [3.05, 3.63) is 24.3 Å². The van der Waals surface area contributed by atoms with Crippen molar-refractivity contribution >= 4 is 25.8 Å². The predicted octanol–water partition coefficient (Wildman–Crippen LogP) is 2.53. The van der Waals surface area contributed by atoms with E-state index in [9.17, 15) is 30.4 Å². The number of sulfonamides is 1. The number of halogens is 2. The Morgan fingerprint density at radius 1 is 1.00 bits per heavy atom. The topological polar surface area (TPSA) is 91.8 Å². The first-order valence-electron chi connectivity index (χ1n) is 10.4. The first-order valence-corrected chi connectivity index (χ1v) is 13.3. The molecule has 2 heterocycles. The number of carbonyl (C=O) groups is 1. The molecule has 2 aliphatic rings. The summed E-state index contributed by atoms with van der Waals surface area (Å²) in [4.78, 5) is 14.2. The van der Waals surface area contributed by atoms with Gasteiger partial charge in [0.25, 0.3) is 5.92 Å². The number of hydrogen-bond donors (Lipinski definition) is 0. The quantitative estimate of drug-likeness (QED) is 0.649. The minimum absolute atomic E-state index is 0.0138. The fourth-order valence-corrected chi connectivity index (χ4v) is 6.48. The van der Waals surface area contributed by atoms with E-state index in [0.717, 1.165) is 0 Å². The van der Waals surface area contributed by atoms with Gasteiger partial charge in [0.05, 0.1) is 21.0 Å². The largest absolute Gasteiger partial charge is 0.342 e. The molecule has 0 bridgehead atoms. The van der Waals surface area contributed by atoms with Crippen molar-refractivity contribution in [3.8, 4) is 0 Å². The van der Waals surface area contributed by atoms with Crippen molar-refractivity contribution in [1.29, 1.82) is 0 Å². The molecule has 1 amide bonds. The monoisotopic (exact) mass is 478 g/mol. The molecule has 0 saturated carbocycles. The van der Waals surface area contributed by atoms with Crippen LogP contribution in [0.5, 0.6) is 0 Å². The molecule has 2 saturated heterocycles. The Bertz CT molecular complexity index is 1010. The summed E-state index contributed by atoms with van der Waals surface area (Å²) in [6.45, 7) is 3.28. The number of nitrogens with zero attached hydrogens (tertiary/aromatic N) is 2. The highest BCUT2D eigenvalue weighted by Crippen LogP contribution is 2.31. The standard InChI is InChI=1S/C20H28F2N2O5S2/c1-15(2)30(26,27)17-5-7-18(8-6-17)31(28,29)24-11-3-4-16(14-24)19(25)23-12-9-20(21,22)10-13-23/h5-8,15-16H,3-4,9-14H2,1-2H3. The number of alkyl halides is 2. The van der Waals surface area contributed by atoms with E-state index in [1.807, 2.05) is 0 Å². The number of sulfone groups is 1. The predicted molar refractivity (Wildman–Crippen MR) is 111 cm³/mol. The van der Waals surface area contributed by atoms with Gasteiger partial charge < -0.3 is 4.90 Å². The van der Waals surface area contributed by atoms with Crippen molar-refractivity contribution in [1.82, 2.24) is 9.21 Å². The highest BCUT2D eigenvalue weighted by molar-refractivity contribution is 7.92. The number of likely N-dealkylation sites (tertiary alicyclic amines) is 1. The summed E-state index contributed by atoms with van der Waals surface area (Å²) in [6.07, 6.45) is 0.237. The lowest BCUT2D eigenvalue weighted by Crippen LogP contribution is -2.49. The highest BCUT2D eigenvalue weighted by atomic mass is 32.2. The van der Waals surface area contributed by atoms with Crippen LogP contribution in [0, 0.1) is 5.92 Å². The molecule has 2 fully saturated rings. The number of benzene rings is 1. The van der Waals surface area contributed by atoms with Crippen LogP contribution in [-0.4, -0.2) is 69.3 Å². The lowest BCUT2D eigenvalue weighted by Gasteiger charge is -2.37. The summed E-state index contributed by atoms with van der Waals surface area (Å²) in [5, 5.41) is -0.626. The van der Waals surface area contributed by atoms with E-state index in [1.165, 1.54) is 33.5 Å². The molecule has 1 aromatic carbocycles. The van der Waals surface area contributed by atoms with Gasteiger partial charge in [-0.2, -0.15) is 4.31 Å². The van der Waals surface area contributed by atoms with Gasteiger partial charge in [-0.05, 0) is 51.0 Å². The van der Waals surface area contributed by atoms with Crippen LogP contribution < -0.4 is 0 Å². The van der Waals surface area contributed by atoms with Gasteiger partial charge in [-0.15, -0.1) is 0 Å². The molecule has 31 heavy (non-hydrogen) atoms. The molecule has 0 N–H and O–H groups in total. The van der Waals surface area contributed by atoms with Gasteiger partial charge in [-0.1, -0.05) is 0 Å². The zero-order valence-corrected chi connectivity index (χ0v) is 19.3. The Morgan fingerprint density at radius 3 is 2.10 bits per heavy atom. The highest BCUT2D eigenvalue weighted by Gasteiger charge is 2.39. The lowest BCUT2D eigenvalue weighted by molar-refractivity contribution is -0.142. The number of carbonyl (C=O) groups excluding carboxylic acids is 1. The second-order valence-electron chi connectivity index (χ2n) is 8.45. The first kappa shape index (κ1) is 24.1. The minimum atomic E-state index is -3.91. The van der Waals surface area contributed by atoms with Gasteiger partial charge in [-0.3, -0.25) is 4.79 Å². The van der Waals surface area contributed by atoms with Crippen LogP contribution in [0.3, 0.4) is 0 Å². The molecular formula is C20H28F2N2O5S2. The lowest BCUT2D eigenvalue weighted by atomic mass is 9.96. The summed E-state index contributed by atoms with van der Waals surface area (Å²) >= 11 is 0. The van der Waals surface area contributed by atoms with Gasteiger partial charge in [0.15, 0.2) is 9.84 Å². The second kappa shape index (κ2) is 8.74. The third-order valence-corrected chi connectivity index (χ3v) is 10.0. The van der Waals surface area contributed by atoms with Crippen LogP contribution in [0.2, 0.25) is 0 Å². The molecule has 0 spiro atoms. The van der Waals surface area contributed by atoms with E-state index in [1.54, 1.807) is 13.8 Å². The maximum atomic E-state index is 13.4. The number of piperidine rings is 2. The normalized spacial score (nSPS) is 23.1. The molecule has 174 valence electrons. The average Bonchev–Trinajstić information content (AvgIpc) is 2.73. The summed E-state index contributed by atoms with van der Waals surface area (Å²) in [5.74, 6) is -3.61. The van der Waals surface area contributed by atoms with E-state index in [0.29, 0.717) is 12.8 Å². The van der Waals surface area contributed by atoms with Gasteiger partial charge in [0, 0.05) is 39.0 Å². The maximum absolute atomic E-state index is 13.4. The van der Waals surface area contributed by atoms with E-state index >= 15 is 0 Å². The zero-order valence-electron chi connectivity index (χ0n) is 17.6. The second-order valence-corrected chi connectivity index (χ2v) is 12.9. The molecule has 3 rings (SSSR count). The van der Waals surface area contributed by atoms with E-state index in [4.69, 9.17) is 0 Å². The van der Waals surface area contributed by atoms with E-state index in [2.05, 4.69) is 0 Å². The Balaban J connectivity index is 1.72.